The van der Waals surface area contributed by atoms with E-state index in [1.165, 1.54) is 11.1 Å². The van der Waals surface area contributed by atoms with Crippen molar-refractivity contribution in [2.45, 2.75) is 33.1 Å². The molecule has 0 spiro atoms. The molecule has 1 atom stereocenters. The van der Waals surface area contributed by atoms with Crippen LogP contribution >= 0.6 is 11.6 Å². The van der Waals surface area contributed by atoms with Gasteiger partial charge in [-0.1, -0.05) is 57.9 Å². The Balaban J connectivity index is 1.43. The van der Waals surface area contributed by atoms with Crippen molar-refractivity contribution in [1.82, 2.24) is 25.1 Å². The normalized spacial score (nSPS) is 16.0. The monoisotopic (exact) mass is 407 g/mol. The predicted octanol–water partition coefficient (Wildman–Crippen LogP) is 4.54. The fraction of sp³-hybridized carbons (Fsp3) is 0.238. The fourth-order valence-electron chi connectivity index (χ4n) is 3.62. The average Bonchev–Trinajstić information content (AvgIpc) is 3.34. The van der Waals surface area contributed by atoms with Gasteiger partial charge in [-0.2, -0.15) is 4.98 Å². The number of ether oxygens (including phenoxy) is 1. The third kappa shape index (κ3) is 3.22. The van der Waals surface area contributed by atoms with Gasteiger partial charge in [-0.15, -0.1) is 5.10 Å². The molecule has 0 radical (unpaired) electrons. The summed E-state index contributed by atoms with van der Waals surface area (Å²) >= 11 is 6.23. The number of aromatic nitrogens is 5. The Morgan fingerprint density at radius 1 is 1.14 bits per heavy atom. The number of hydrogen-bond acceptors (Lipinski definition) is 6. The summed E-state index contributed by atoms with van der Waals surface area (Å²) in [5, 5.41) is 13.2. The van der Waals surface area contributed by atoms with Crippen LogP contribution in [0.4, 0.5) is 0 Å². The summed E-state index contributed by atoms with van der Waals surface area (Å²) in [5.74, 6) is 0.715. The van der Waals surface area contributed by atoms with Gasteiger partial charge < -0.3 is 9.26 Å². The highest BCUT2D eigenvalue weighted by atomic mass is 35.5. The van der Waals surface area contributed by atoms with Crippen LogP contribution < -0.4 is 0 Å². The number of nitrogens with zero attached hydrogens (tertiary/aromatic N) is 5. The molecule has 0 amide bonds. The Hall–Kier alpha value is -3.03. The molecule has 1 aliphatic rings. The number of halogens is 1. The Labute approximate surface area is 172 Å². The first-order chi connectivity index (χ1) is 14.1. The summed E-state index contributed by atoms with van der Waals surface area (Å²) in [7, 11) is 0. The zero-order chi connectivity index (χ0) is 20.0. The molecule has 2 aromatic carbocycles. The standard InChI is InChI=1S/C21H18ClN5O2/c1-12-7-8-14(13(2)9-12)18-10-27-17(11-28-18)19(24-26-27)21-23-20(25-29-21)15-5-3-4-6-16(15)22/h3-9,18H,10-11H2,1-2H3. The Morgan fingerprint density at radius 3 is 2.83 bits per heavy atom. The highest BCUT2D eigenvalue weighted by molar-refractivity contribution is 6.33. The number of benzene rings is 2. The molecule has 0 N–H and O–H groups in total. The number of aryl methyl sites for hydroxylation is 2. The van der Waals surface area contributed by atoms with Crippen LogP contribution in [0.1, 0.15) is 28.5 Å². The van der Waals surface area contributed by atoms with Crippen molar-refractivity contribution in [3.8, 4) is 23.0 Å². The van der Waals surface area contributed by atoms with Crippen LogP contribution in [0.3, 0.4) is 0 Å². The van der Waals surface area contributed by atoms with E-state index in [1.54, 1.807) is 6.07 Å². The SMILES string of the molecule is Cc1ccc(C2Cn3nnc(-c4nc(-c5ccccc5Cl)no4)c3CO2)c(C)c1. The zero-order valence-electron chi connectivity index (χ0n) is 16.0. The summed E-state index contributed by atoms with van der Waals surface area (Å²) in [6.45, 7) is 5.13. The average molecular weight is 408 g/mol. The molecule has 1 unspecified atom stereocenters. The molecule has 2 aromatic heterocycles. The van der Waals surface area contributed by atoms with Gasteiger partial charge >= 0.3 is 0 Å². The lowest BCUT2D eigenvalue weighted by Crippen LogP contribution is -2.22. The third-order valence-electron chi connectivity index (χ3n) is 5.11. The van der Waals surface area contributed by atoms with Crippen LogP contribution in [0.15, 0.2) is 47.0 Å². The van der Waals surface area contributed by atoms with Crippen molar-refractivity contribution < 1.29 is 9.26 Å². The maximum absolute atomic E-state index is 6.23. The molecule has 5 rings (SSSR count). The minimum Gasteiger partial charge on any atom is -0.365 e. The molecule has 7 nitrogen and oxygen atoms in total. The van der Waals surface area contributed by atoms with E-state index in [9.17, 15) is 0 Å². The summed E-state index contributed by atoms with van der Waals surface area (Å²) in [6, 6.07) is 13.7. The van der Waals surface area contributed by atoms with Gasteiger partial charge in [0.1, 0.15) is 6.10 Å². The van der Waals surface area contributed by atoms with Crippen molar-refractivity contribution in [3.05, 3.63) is 69.9 Å². The van der Waals surface area contributed by atoms with Gasteiger partial charge in [0, 0.05) is 5.56 Å². The van der Waals surface area contributed by atoms with Crippen LogP contribution in [0.25, 0.3) is 23.0 Å². The topological polar surface area (TPSA) is 78.9 Å². The van der Waals surface area contributed by atoms with Crippen molar-refractivity contribution in [2.75, 3.05) is 0 Å². The zero-order valence-corrected chi connectivity index (χ0v) is 16.7. The van der Waals surface area contributed by atoms with Gasteiger partial charge in [0.05, 0.1) is 23.9 Å². The molecular weight excluding hydrogens is 390 g/mol. The summed E-state index contributed by atoms with van der Waals surface area (Å²) in [5.41, 5.74) is 5.67. The minimum absolute atomic E-state index is 0.0704. The van der Waals surface area contributed by atoms with E-state index in [1.807, 2.05) is 22.9 Å². The largest absolute Gasteiger partial charge is 0.365 e. The smallest absolute Gasteiger partial charge is 0.280 e. The molecule has 146 valence electrons. The molecule has 0 aliphatic carbocycles. The first kappa shape index (κ1) is 18.0. The molecular formula is C21H18ClN5O2. The molecule has 0 fully saturated rings. The fourth-order valence-corrected chi connectivity index (χ4v) is 3.84. The van der Waals surface area contributed by atoms with Gasteiger partial charge in [0.2, 0.25) is 5.82 Å². The molecule has 1 aliphatic heterocycles. The number of hydrogen-bond donors (Lipinski definition) is 0. The summed E-state index contributed by atoms with van der Waals surface area (Å²) < 4.78 is 13.4. The Morgan fingerprint density at radius 2 is 2.00 bits per heavy atom. The quantitative estimate of drug-likeness (QED) is 0.496. The van der Waals surface area contributed by atoms with Crippen LogP contribution in [0, 0.1) is 13.8 Å². The maximum Gasteiger partial charge on any atom is 0.280 e. The molecule has 3 heterocycles. The maximum atomic E-state index is 6.23. The van der Waals surface area contributed by atoms with Crippen molar-refractivity contribution in [3.63, 3.8) is 0 Å². The Kier molecular flexibility index (Phi) is 4.41. The molecule has 8 heteroatoms. The van der Waals surface area contributed by atoms with Crippen LogP contribution in [-0.2, 0) is 17.9 Å². The second kappa shape index (κ2) is 7.09. The van der Waals surface area contributed by atoms with E-state index in [2.05, 4.69) is 52.5 Å². The van der Waals surface area contributed by atoms with Crippen molar-refractivity contribution in [1.29, 1.82) is 0 Å². The Bertz CT molecular complexity index is 1200. The number of rotatable bonds is 3. The van der Waals surface area contributed by atoms with E-state index in [0.29, 0.717) is 41.1 Å². The van der Waals surface area contributed by atoms with Crippen LogP contribution in [0.5, 0.6) is 0 Å². The molecule has 0 bridgehead atoms. The lowest BCUT2D eigenvalue weighted by molar-refractivity contribution is -0.00153. The van der Waals surface area contributed by atoms with Crippen LogP contribution in [0.2, 0.25) is 5.02 Å². The van der Waals surface area contributed by atoms with Gasteiger partial charge in [0.15, 0.2) is 5.69 Å². The van der Waals surface area contributed by atoms with E-state index in [4.69, 9.17) is 20.9 Å². The number of fused-ring (bicyclic) bond motifs is 1. The highest BCUT2D eigenvalue weighted by Crippen LogP contribution is 2.33. The molecule has 0 saturated carbocycles. The molecule has 29 heavy (non-hydrogen) atoms. The second-order valence-electron chi connectivity index (χ2n) is 7.13. The van der Waals surface area contributed by atoms with E-state index < -0.39 is 0 Å². The minimum atomic E-state index is -0.0704. The van der Waals surface area contributed by atoms with E-state index >= 15 is 0 Å². The van der Waals surface area contributed by atoms with Crippen molar-refractivity contribution >= 4 is 11.6 Å². The van der Waals surface area contributed by atoms with E-state index in [-0.39, 0.29) is 6.10 Å². The molecule has 0 saturated heterocycles. The first-order valence-corrected chi connectivity index (χ1v) is 9.68. The van der Waals surface area contributed by atoms with Gasteiger partial charge in [0.25, 0.3) is 5.89 Å². The summed E-state index contributed by atoms with van der Waals surface area (Å²) in [4.78, 5) is 4.46. The van der Waals surface area contributed by atoms with Gasteiger partial charge in [-0.3, -0.25) is 0 Å². The van der Waals surface area contributed by atoms with Gasteiger partial charge in [-0.25, -0.2) is 4.68 Å². The lowest BCUT2D eigenvalue weighted by Gasteiger charge is -2.25. The first-order valence-electron chi connectivity index (χ1n) is 9.30. The molecule has 4 aromatic rings. The third-order valence-corrected chi connectivity index (χ3v) is 5.44. The van der Waals surface area contributed by atoms with Crippen LogP contribution in [-0.4, -0.2) is 25.1 Å². The van der Waals surface area contributed by atoms with E-state index in [0.717, 1.165) is 11.3 Å². The second-order valence-corrected chi connectivity index (χ2v) is 7.54. The lowest BCUT2D eigenvalue weighted by atomic mass is 10.0. The predicted molar refractivity (Wildman–Crippen MR) is 107 cm³/mol. The highest BCUT2D eigenvalue weighted by Gasteiger charge is 2.28. The van der Waals surface area contributed by atoms with Gasteiger partial charge in [-0.05, 0) is 37.1 Å². The summed E-state index contributed by atoms with van der Waals surface area (Å²) in [6.07, 6.45) is -0.0704. The van der Waals surface area contributed by atoms with Crippen molar-refractivity contribution in [2.24, 2.45) is 0 Å².